The Kier molecular flexibility index (Phi) is 5.23. The third-order valence-corrected chi connectivity index (χ3v) is 4.94. The highest BCUT2D eigenvalue weighted by atomic mass is 35.5. The Morgan fingerprint density at radius 1 is 1.12 bits per heavy atom. The van der Waals surface area contributed by atoms with E-state index in [9.17, 15) is 9.59 Å². The zero-order valence-corrected chi connectivity index (χ0v) is 15.6. The molecule has 0 radical (unpaired) electrons. The van der Waals surface area contributed by atoms with Crippen LogP contribution in [-0.2, 0) is 9.59 Å². The molecule has 0 aromatic heterocycles. The van der Waals surface area contributed by atoms with Gasteiger partial charge in [-0.15, -0.1) is 0 Å². The number of aryl methyl sites for hydroxylation is 1. The average molecular weight is 398 g/mol. The Morgan fingerprint density at radius 3 is 2.44 bits per heavy atom. The lowest BCUT2D eigenvalue weighted by Crippen LogP contribution is -2.28. The van der Waals surface area contributed by atoms with Gasteiger partial charge in [-0.1, -0.05) is 40.9 Å². The first kappa shape index (κ1) is 18.1. The van der Waals surface area contributed by atoms with Crippen LogP contribution in [0.25, 0.3) is 0 Å². The molecule has 0 bridgehead atoms. The van der Waals surface area contributed by atoms with Crippen LogP contribution in [0.4, 0.5) is 11.4 Å². The van der Waals surface area contributed by atoms with Crippen LogP contribution in [-0.4, -0.2) is 18.4 Å². The number of nitrogens with one attached hydrogen (secondary N) is 1. The van der Waals surface area contributed by atoms with E-state index in [0.717, 1.165) is 5.56 Å². The molecule has 2 aromatic rings. The van der Waals surface area contributed by atoms with Gasteiger partial charge in [0.15, 0.2) is 0 Å². The fourth-order valence-electron chi connectivity index (χ4n) is 2.75. The van der Waals surface area contributed by atoms with Crippen LogP contribution in [0.1, 0.15) is 12.0 Å². The molecule has 130 valence electrons. The standard InChI is InChI=1S/C18H15Cl3N2O2/c1-10-2-3-15(8-16(10)21)23-9-11(4-17(23)24)18(25)22-14-6-12(19)5-13(20)7-14/h2-3,5-8,11H,4,9H2,1H3,(H,22,25)/t11-/m1/s1. The molecule has 1 N–H and O–H groups in total. The first-order chi connectivity index (χ1) is 11.8. The largest absolute Gasteiger partial charge is 0.326 e. The smallest absolute Gasteiger partial charge is 0.229 e. The summed E-state index contributed by atoms with van der Waals surface area (Å²) >= 11 is 18.0. The van der Waals surface area contributed by atoms with Crippen molar-refractivity contribution >= 4 is 58.0 Å². The maximum absolute atomic E-state index is 12.5. The van der Waals surface area contributed by atoms with Gasteiger partial charge in [-0.25, -0.2) is 0 Å². The maximum Gasteiger partial charge on any atom is 0.229 e. The second kappa shape index (κ2) is 7.24. The summed E-state index contributed by atoms with van der Waals surface area (Å²) in [5.41, 5.74) is 2.14. The number of carbonyl (C=O) groups is 2. The van der Waals surface area contributed by atoms with E-state index in [1.807, 2.05) is 19.1 Å². The fourth-order valence-corrected chi connectivity index (χ4v) is 3.45. The van der Waals surface area contributed by atoms with Crippen molar-refractivity contribution in [3.05, 3.63) is 57.0 Å². The second-order valence-electron chi connectivity index (χ2n) is 5.99. The predicted octanol–water partition coefficient (Wildman–Crippen LogP) is 4.95. The SMILES string of the molecule is Cc1ccc(N2C[C@H](C(=O)Nc3cc(Cl)cc(Cl)c3)CC2=O)cc1Cl. The van der Waals surface area contributed by atoms with Gasteiger partial charge in [0, 0.05) is 39.4 Å². The number of rotatable bonds is 3. The van der Waals surface area contributed by atoms with Crippen LogP contribution in [0.15, 0.2) is 36.4 Å². The lowest BCUT2D eigenvalue weighted by molar-refractivity contribution is -0.122. The highest BCUT2D eigenvalue weighted by molar-refractivity contribution is 6.35. The van der Waals surface area contributed by atoms with Crippen molar-refractivity contribution in [1.29, 1.82) is 0 Å². The van der Waals surface area contributed by atoms with Gasteiger partial charge >= 0.3 is 0 Å². The van der Waals surface area contributed by atoms with Crippen LogP contribution >= 0.6 is 34.8 Å². The highest BCUT2D eigenvalue weighted by Crippen LogP contribution is 2.30. The van der Waals surface area contributed by atoms with Crippen molar-refractivity contribution in [2.75, 3.05) is 16.8 Å². The maximum atomic E-state index is 12.5. The van der Waals surface area contributed by atoms with Gasteiger partial charge in [-0.3, -0.25) is 9.59 Å². The van der Waals surface area contributed by atoms with Gasteiger partial charge in [0.25, 0.3) is 0 Å². The molecule has 0 spiro atoms. The number of halogens is 3. The molecule has 1 saturated heterocycles. The molecule has 1 atom stereocenters. The van der Waals surface area contributed by atoms with Crippen LogP contribution in [0, 0.1) is 12.8 Å². The zero-order chi connectivity index (χ0) is 18.1. The number of carbonyl (C=O) groups excluding carboxylic acids is 2. The van der Waals surface area contributed by atoms with Crippen molar-refractivity contribution in [3.63, 3.8) is 0 Å². The van der Waals surface area contributed by atoms with E-state index in [1.165, 1.54) is 0 Å². The van der Waals surface area contributed by atoms with Crippen molar-refractivity contribution in [1.82, 2.24) is 0 Å². The first-order valence-electron chi connectivity index (χ1n) is 7.67. The molecule has 2 aromatic carbocycles. The minimum atomic E-state index is -0.453. The molecule has 1 fully saturated rings. The van der Waals surface area contributed by atoms with Gasteiger partial charge in [-0.2, -0.15) is 0 Å². The molecule has 2 amide bonds. The lowest BCUT2D eigenvalue weighted by Gasteiger charge is -2.17. The number of benzene rings is 2. The van der Waals surface area contributed by atoms with E-state index in [2.05, 4.69) is 5.32 Å². The quantitative estimate of drug-likeness (QED) is 0.797. The summed E-state index contributed by atoms with van der Waals surface area (Å²) in [6.45, 7) is 2.20. The molecule has 0 unspecified atom stereocenters. The summed E-state index contributed by atoms with van der Waals surface area (Å²) in [5, 5.41) is 4.22. The zero-order valence-electron chi connectivity index (χ0n) is 13.4. The molecule has 3 rings (SSSR count). The summed E-state index contributed by atoms with van der Waals surface area (Å²) < 4.78 is 0. The van der Waals surface area contributed by atoms with E-state index in [-0.39, 0.29) is 18.2 Å². The number of anilines is 2. The molecule has 1 aliphatic rings. The number of amides is 2. The second-order valence-corrected chi connectivity index (χ2v) is 7.27. The molecule has 4 nitrogen and oxygen atoms in total. The van der Waals surface area contributed by atoms with Gasteiger partial charge in [0.2, 0.25) is 11.8 Å². The summed E-state index contributed by atoms with van der Waals surface area (Å²) in [6, 6.07) is 10.2. The van der Waals surface area contributed by atoms with Gasteiger partial charge < -0.3 is 10.2 Å². The Labute approximate surface area is 160 Å². The predicted molar refractivity (Wildman–Crippen MR) is 102 cm³/mol. The summed E-state index contributed by atoms with van der Waals surface area (Å²) in [6.07, 6.45) is 0.144. The van der Waals surface area contributed by atoms with E-state index < -0.39 is 5.92 Å². The normalized spacial score (nSPS) is 17.0. The van der Waals surface area contributed by atoms with Crippen LogP contribution in [0.3, 0.4) is 0 Å². The van der Waals surface area contributed by atoms with Crippen molar-refractivity contribution in [2.24, 2.45) is 5.92 Å². The Balaban J connectivity index is 1.73. The monoisotopic (exact) mass is 396 g/mol. The molecule has 25 heavy (non-hydrogen) atoms. The summed E-state index contributed by atoms with van der Waals surface area (Å²) in [7, 11) is 0. The molecular formula is C18H15Cl3N2O2. The van der Waals surface area contributed by atoms with Crippen LogP contribution in [0.5, 0.6) is 0 Å². The Morgan fingerprint density at radius 2 is 1.80 bits per heavy atom. The summed E-state index contributed by atoms with van der Waals surface area (Å²) in [4.78, 5) is 26.4. The average Bonchev–Trinajstić information content (AvgIpc) is 2.91. The topological polar surface area (TPSA) is 49.4 Å². The minimum absolute atomic E-state index is 0.107. The van der Waals surface area contributed by atoms with E-state index in [4.69, 9.17) is 34.8 Å². The number of nitrogens with zero attached hydrogens (tertiary/aromatic N) is 1. The first-order valence-corrected chi connectivity index (χ1v) is 8.80. The minimum Gasteiger partial charge on any atom is -0.326 e. The van der Waals surface area contributed by atoms with E-state index in [1.54, 1.807) is 29.2 Å². The Hall–Kier alpha value is -1.75. The highest BCUT2D eigenvalue weighted by Gasteiger charge is 2.35. The van der Waals surface area contributed by atoms with Crippen LogP contribution in [0.2, 0.25) is 15.1 Å². The molecule has 7 heteroatoms. The van der Waals surface area contributed by atoms with E-state index >= 15 is 0 Å². The van der Waals surface area contributed by atoms with Gasteiger partial charge in [-0.05, 0) is 42.8 Å². The number of hydrogen-bond donors (Lipinski definition) is 1. The summed E-state index contributed by atoms with van der Waals surface area (Å²) in [5.74, 6) is -0.804. The van der Waals surface area contributed by atoms with Crippen molar-refractivity contribution < 1.29 is 9.59 Å². The molecule has 0 saturated carbocycles. The van der Waals surface area contributed by atoms with Crippen LogP contribution < -0.4 is 10.2 Å². The van der Waals surface area contributed by atoms with Gasteiger partial charge in [0.1, 0.15) is 0 Å². The van der Waals surface area contributed by atoms with Crippen molar-refractivity contribution in [3.8, 4) is 0 Å². The lowest BCUT2D eigenvalue weighted by atomic mass is 10.1. The molecule has 1 heterocycles. The van der Waals surface area contributed by atoms with E-state index in [0.29, 0.717) is 33.0 Å². The third kappa shape index (κ3) is 4.09. The van der Waals surface area contributed by atoms with Crippen molar-refractivity contribution in [2.45, 2.75) is 13.3 Å². The Bertz CT molecular complexity index is 834. The molecule has 0 aliphatic carbocycles. The third-order valence-electron chi connectivity index (χ3n) is 4.09. The fraction of sp³-hybridized carbons (Fsp3) is 0.222. The molecule has 1 aliphatic heterocycles. The number of hydrogen-bond acceptors (Lipinski definition) is 2. The van der Waals surface area contributed by atoms with Gasteiger partial charge in [0.05, 0.1) is 5.92 Å². The molecular weight excluding hydrogens is 383 g/mol.